The molecule has 0 atom stereocenters. The van der Waals surface area contributed by atoms with Gasteiger partial charge in [0.1, 0.15) is 0 Å². The second-order valence-electron chi connectivity index (χ2n) is 4.50. The van der Waals surface area contributed by atoms with Gasteiger partial charge in [0.05, 0.1) is 12.1 Å². The van der Waals surface area contributed by atoms with E-state index in [0.29, 0.717) is 23.9 Å². The van der Waals surface area contributed by atoms with Gasteiger partial charge in [-0.25, -0.2) is 9.67 Å². The van der Waals surface area contributed by atoms with Crippen LogP contribution >= 0.6 is 0 Å². The van der Waals surface area contributed by atoms with Crippen molar-refractivity contribution in [3.05, 3.63) is 34.4 Å². The Balaban J connectivity index is 2.40. The second kappa shape index (κ2) is 6.14. The molecule has 7 heteroatoms. The zero-order valence-corrected chi connectivity index (χ0v) is 11.3. The standard InChI is InChI=1S/C13H17N5O2/c1-2-3-7-18-13(9-5-4-6-12(20)15-9)16-11(17-18)8-10(14)19/h4-6H,2-3,7-8H2,1H3,(H2,14,19)(H,15,20). The maximum atomic E-state index is 11.4. The van der Waals surface area contributed by atoms with Crippen LogP contribution in [-0.2, 0) is 17.8 Å². The average molecular weight is 275 g/mol. The van der Waals surface area contributed by atoms with Gasteiger partial charge in [0.15, 0.2) is 11.6 Å². The Morgan fingerprint density at radius 2 is 2.25 bits per heavy atom. The van der Waals surface area contributed by atoms with E-state index >= 15 is 0 Å². The van der Waals surface area contributed by atoms with Crippen molar-refractivity contribution in [2.75, 3.05) is 0 Å². The molecular formula is C13H17N5O2. The summed E-state index contributed by atoms with van der Waals surface area (Å²) >= 11 is 0. The normalized spacial score (nSPS) is 10.7. The SMILES string of the molecule is CCCCn1nc(CC(N)=O)nc1-c1cccc(=O)[nH]1. The van der Waals surface area contributed by atoms with Crippen molar-refractivity contribution in [3.8, 4) is 11.5 Å². The van der Waals surface area contributed by atoms with Crippen molar-refractivity contribution in [3.63, 3.8) is 0 Å². The fourth-order valence-corrected chi connectivity index (χ4v) is 1.86. The van der Waals surface area contributed by atoms with Crippen LogP contribution in [0.2, 0.25) is 0 Å². The minimum absolute atomic E-state index is 0.0107. The maximum Gasteiger partial charge on any atom is 0.248 e. The lowest BCUT2D eigenvalue weighted by molar-refractivity contribution is -0.117. The summed E-state index contributed by atoms with van der Waals surface area (Å²) in [6.07, 6.45) is 1.93. The zero-order chi connectivity index (χ0) is 14.5. The molecule has 2 rings (SSSR count). The molecule has 2 heterocycles. The van der Waals surface area contributed by atoms with Crippen LogP contribution in [0.15, 0.2) is 23.0 Å². The van der Waals surface area contributed by atoms with E-state index in [9.17, 15) is 9.59 Å². The third-order valence-electron chi connectivity index (χ3n) is 2.78. The van der Waals surface area contributed by atoms with Gasteiger partial charge in [-0.1, -0.05) is 19.4 Å². The summed E-state index contributed by atoms with van der Waals surface area (Å²) in [6, 6.07) is 4.84. The van der Waals surface area contributed by atoms with Crippen molar-refractivity contribution in [1.82, 2.24) is 19.7 Å². The maximum absolute atomic E-state index is 11.4. The predicted molar refractivity (Wildman–Crippen MR) is 73.9 cm³/mol. The third kappa shape index (κ3) is 3.31. The average Bonchev–Trinajstić information content (AvgIpc) is 2.78. The number of hydrogen-bond acceptors (Lipinski definition) is 4. The van der Waals surface area contributed by atoms with E-state index in [0.717, 1.165) is 12.8 Å². The number of H-pyrrole nitrogens is 1. The van der Waals surface area contributed by atoms with Crippen LogP contribution in [0, 0.1) is 0 Å². The van der Waals surface area contributed by atoms with Crippen LogP contribution in [0.25, 0.3) is 11.5 Å². The van der Waals surface area contributed by atoms with Crippen molar-refractivity contribution < 1.29 is 4.79 Å². The highest BCUT2D eigenvalue weighted by molar-refractivity contribution is 5.75. The minimum atomic E-state index is -0.481. The monoisotopic (exact) mass is 275 g/mol. The number of carbonyl (C=O) groups is 1. The molecule has 0 spiro atoms. The highest BCUT2D eigenvalue weighted by atomic mass is 16.1. The van der Waals surface area contributed by atoms with Crippen molar-refractivity contribution >= 4 is 5.91 Å². The van der Waals surface area contributed by atoms with E-state index in [4.69, 9.17) is 5.73 Å². The molecule has 0 unspecified atom stereocenters. The van der Waals surface area contributed by atoms with Gasteiger partial charge in [-0.05, 0) is 12.5 Å². The molecule has 0 aliphatic rings. The summed E-state index contributed by atoms with van der Waals surface area (Å²) in [4.78, 5) is 29.4. The lowest BCUT2D eigenvalue weighted by atomic mass is 10.3. The number of nitrogens with zero attached hydrogens (tertiary/aromatic N) is 3. The summed E-state index contributed by atoms with van der Waals surface area (Å²) in [5, 5.41) is 4.28. The largest absolute Gasteiger partial charge is 0.369 e. The highest BCUT2D eigenvalue weighted by Gasteiger charge is 2.13. The van der Waals surface area contributed by atoms with Gasteiger partial charge in [-0.3, -0.25) is 9.59 Å². The van der Waals surface area contributed by atoms with Gasteiger partial charge in [0.25, 0.3) is 0 Å². The number of aromatic nitrogens is 4. The first-order valence-electron chi connectivity index (χ1n) is 6.52. The van der Waals surface area contributed by atoms with Crippen molar-refractivity contribution in [2.45, 2.75) is 32.7 Å². The summed E-state index contributed by atoms with van der Waals surface area (Å²) < 4.78 is 1.70. The lowest BCUT2D eigenvalue weighted by Gasteiger charge is -2.04. The van der Waals surface area contributed by atoms with Crippen LogP contribution < -0.4 is 11.3 Å². The molecule has 0 saturated heterocycles. The fourth-order valence-electron chi connectivity index (χ4n) is 1.86. The number of rotatable bonds is 6. The number of pyridine rings is 1. The molecule has 0 aliphatic carbocycles. The first kappa shape index (κ1) is 14.0. The van der Waals surface area contributed by atoms with Gasteiger partial charge in [0, 0.05) is 12.6 Å². The first-order valence-corrected chi connectivity index (χ1v) is 6.52. The van der Waals surface area contributed by atoms with Crippen molar-refractivity contribution in [2.24, 2.45) is 5.73 Å². The van der Waals surface area contributed by atoms with Gasteiger partial charge in [0.2, 0.25) is 11.5 Å². The Morgan fingerprint density at radius 1 is 1.45 bits per heavy atom. The molecule has 0 saturated carbocycles. The van der Waals surface area contributed by atoms with E-state index in [1.54, 1.807) is 16.8 Å². The Morgan fingerprint density at radius 3 is 2.90 bits per heavy atom. The number of nitrogens with two attached hydrogens (primary N) is 1. The van der Waals surface area contributed by atoms with Gasteiger partial charge < -0.3 is 10.7 Å². The molecule has 106 valence electrons. The van der Waals surface area contributed by atoms with E-state index in [1.807, 2.05) is 0 Å². The van der Waals surface area contributed by atoms with E-state index in [1.165, 1.54) is 6.07 Å². The molecule has 0 aromatic carbocycles. The number of nitrogens with one attached hydrogen (secondary N) is 1. The van der Waals surface area contributed by atoms with Crippen LogP contribution in [0.4, 0.5) is 0 Å². The molecule has 3 N–H and O–H groups in total. The van der Waals surface area contributed by atoms with Gasteiger partial charge in [-0.15, -0.1) is 0 Å². The number of primary amides is 1. The third-order valence-corrected chi connectivity index (χ3v) is 2.78. The van der Waals surface area contributed by atoms with Gasteiger partial charge >= 0.3 is 0 Å². The molecular weight excluding hydrogens is 258 g/mol. The lowest BCUT2D eigenvalue weighted by Crippen LogP contribution is -2.14. The first-order chi connectivity index (χ1) is 9.60. The van der Waals surface area contributed by atoms with Gasteiger partial charge in [-0.2, -0.15) is 5.10 Å². The second-order valence-corrected chi connectivity index (χ2v) is 4.50. The summed E-state index contributed by atoms with van der Waals surface area (Å²) in [6.45, 7) is 2.75. The van der Waals surface area contributed by atoms with Crippen LogP contribution in [0.5, 0.6) is 0 Å². The van der Waals surface area contributed by atoms with Crippen LogP contribution in [-0.4, -0.2) is 25.7 Å². The van der Waals surface area contributed by atoms with Crippen LogP contribution in [0.3, 0.4) is 0 Å². The quantitative estimate of drug-likeness (QED) is 0.798. The van der Waals surface area contributed by atoms with E-state index < -0.39 is 5.91 Å². The summed E-state index contributed by atoms with van der Waals surface area (Å²) in [5.74, 6) is 0.437. The fraction of sp³-hybridized carbons (Fsp3) is 0.385. The molecule has 2 aromatic heterocycles. The number of unbranched alkanes of at least 4 members (excludes halogenated alkanes) is 1. The zero-order valence-electron chi connectivity index (χ0n) is 11.3. The smallest absolute Gasteiger partial charge is 0.248 e. The number of aromatic amines is 1. The topological polar surface area (TPSA) is 107 Å². The Hall–Kier alpha value is -2.44. The molecule has 0 radical (unpaired) electrons. The van der Waals surface area contributed by atoms with E-state index in [2.05, 4.69) is 22.0 Å². The summed E-state index contributed by atoms with van der Waals surface area (Å²) in [5.41, 5.74) is 5.54. The minimum Gasteiger partial charge on any atom is -0.369 e. The molecule has 0 aliphatic heterocycles. The molecule has 0 bridgehead atoms. The molecule has 1 amide bonds. The molecule has 2 aromatic rings. The molecule has 0 fully saturated rings. The van der Waals surface area contributed by atoms with Crippen LogP contribution in [0.1, 0.15) is 25.6 Å². The number of amides is 1. The Labute approximate surface area is 115 Å². The molecule has 7 nitrogen and oxygen atoms in total. The van der Waals surface area contributed by atoms with Crippen molar-refractivity contribution in [1.29, 1.82) is 0 Å². The van der Waals surface area contributed by atoms with E-state index in [-0.39, 0.29) is 12.0 Å². The predicted octanol–water partition coefficient (Wildman–Crippen LogP) is 0.461. The highest BCUT2D eigenvalue weighted by Crippen LogP contribution is 2.14. The molecule has 20 heavy (non-hydrogen) atoms. The Bertz CT molecular complexity index is 659. The summed E-state index contributed by atoms with van der Waals surface area (Å²) in [7, 11) is 0. The number of hydrogen-bond donors (Lipinski definition) is 2. The Kier molecular flexibility index (Phi) is 4.29. The number of carbonyl (C=O) groups excluding carboxylic acids is 1. The number of aryl methyl sites for hydroxylation is 1.